The molecule has 3 aromatic carbocycles. The molecule has 0 spiro atoms. The van der Waals surface area contributed by atoms with Crippen LogP contribution in [0, 0.1) is 5.92 Å². The van der Waals surface area contributed by atoms with Crippen LogP contribution in [0.25, 0.3) is 21.7 Å². The third-order valence-electron chi connectivity index (χ3n) is 6.65. The number of carbonyl (C=O) groups excluding carboxylic acids is 1. The van der Waals surface area contributed by atoms with Crippen LogP contribution in [0.5, 0.6) is 0 Å². The third kappa shape index (κ3) is 4.53. The third-order valence-corrected chi connectivity index (χ3v) is 6.65. The molecule has 166 valence electrons. The summed E-state index contributed by atoms with van der Waals surface area (Å²) in [6.45, 7) is 4.78. The van der Waals surface area contributed by atoms with E-state index in [2.05, 4.69) is 41.1 Å². The molecule has 4 aromatic rings. The molecule has 0 aliphatic carbocycles. The Balaban J connectivity index is 1.45. The highest BCUT2D eigenvalue weighted by molar-refractivity contribution is 5.89. The smallest absolute Gasteiger partial charge is 0.310 e. The summed E-state index contributed by atoms with van der Waals surface area (Å²) in [5.41, 5.74) is 2.89. The van der Waals surface area contributed by atoms with Crippen LogP contribution in [0.1, 0.15) is 30.1 Å². The Hall–Kier alpha value is -3.50. The van der Waals surface area contributed by atoms with E-state index in [4.69, 9.17) is 4.74 Å². The molecule has 0 unspecified atom stereocenters. The Bertz CT molecular complexity index is 1280. The Morgan fingerprint density at radius 1 is 1.03 bits per heavy atom. The maximum absolute atomic E-state index is 13.3. The van der Waals surface area contributed by atoms with Gasteiger partial charge in [-0.2, -0.15) is 0 Å². The van der Waals surface area contributed by atoms with Gasteiger partial charge in [0.2, 0.25) is 0 Å². The zero-order valence-corrected chi connectivity index (χ0v) is 18.6. The van der Waals surface area contributed by atoms with Crippen molar-refractivity contribution in [3.63, 3.8) is 0 Å². The van der Waals surface area contributed by atoms with Gasteiger partial charge in [0.05, 0.1) is 11.9 Å². The summed E-state index contributed by atoms with van der Waals surface area (Å²) in [6.07, 6.45) is 5.61. The molecule has 1 aliphatic heterocycles. The van der Waals surface area contributed by atoms with Crippen molar-refractivity contribution in [2.45, 2.75) is 31.4 Å². The first-order valence-corrected chi connectivity index (χ1v) is 11.6. The lowest BCUT2D eigenvalue weighted by atomic mass is 9.88. The van der Waals surface area contributed by atoms with Crippen LogP contribution in [-0.2, 0) is 16.0 Å². The predicted octanol–water partition coefficient (Wildman–Crippen LogP) is 5.77. The summed E-state index contributed by atoms with van der Waals surface area (Å²) in [7, 11) is 0. The Kier molecular flexibility index (Phi) is 6.18. The maximum atomic E-state index is 13.3. The number of esters is 1. The van der Waals surface area contributed by atoms with Gasteiger partial charge in [-0.1, -0.05) is 66.7 Å². The molecule has 1 fully saturated rings. The summed E-state index contributed by atoms with van der Waals surface area (Å²) in [6, 6.07) is 24.3. The van der Waals surface area contributed by atoms with Crippen molar-refractivity contribution in [1.82, 2.24) is 10.3 Å². The number of nitrogens with zero attached hydrogens (tertiary/aromatic N) is 1. The van der Waals surface area contributed by atoms with Gasteiger partial charge in [0.15, 0.2) is 0 Å². The van der Waals surface area contributed by atoms with Crippen LogP contribution in [-0.4, -0.2) is 23.5 Å². The van der Waals surface area contributed by atoms with Gasteiger partial charge in [0.1, 0.15) is 6.10 Å². The molecule has 33 heavy (non-hydrogen) atoms. The van der Waals surface area contributed by atoms with Crippen molar-refractivity contribution in [1.29, 1.82) is 0 Å². The molecule has 5 rings (SSSR count). The molecular formula is C29H28N2O2. The molecule has 0 amide bonds. The number of rotatable bonds is 6. The van der Waals surface area contributed by atoms with E-state index in [1.54, 1.807) is 6.20 Å². The van der Waals surface area contributed by atoms with E-state index in [1.165, 1.54) is 0 Å². The molecule has 3 atom stereocenters. The van der Waals surface area contributed by atoms with Crippen LogP contribution in [0.3, 0.4) is 0 Å². The molecule has 1 aliphatic rings. The van der Waals surface area contributed by atoms with Crippen molar-refractivity contribution in [3.05, 3.63) is 103 Å². The van der Waals surface area contributed by atoms with E-state index < -0.39 is 0 Å². The average Bonchev–Trinajstić information content (AvgIpc) is 2.87. The first-order chi connectivity index (χ1) is 16.2. The van der Waals surface area contributed by atoms with Crippen molar-refractivity contribution in [2.75, 3.05) is 6.54 Å². The molecular weight excluding hydrogens is 408 g/mol. The van der Waals surface area contributed by atoms with E-state index in [-0.39, 0.29) is 24.5 Å². The van der Waals surface area contributed by atoms with Gasteiger partial charge < -0.3 is 10.1 Å². The lowest BCUT2D eigenvalue weighted by Gasteiger charge is -2.34. The number of pyridine rings is 1. The number of carbonyl (C=O) groups is 1. The highest BCUT2D eigenvalue weighted by Gasteiger charge is 2.31. The van der Waals surface area contributed by atoms with Crippen molar-refractivity contribution in [2.24, 2.45) is 5.92 Å². The van der Waals surface area contributed by atoms with Crippen LogP contribution in [0.2, 0.25) is 0 Å². The Morgan fingerprint density at radius 3 is 2.64 bits per heavy atom. The lowest BCUT2D eigenvalue weighted by molar-refractivity contribution is -0.150. The minimum atomic E-state index is -0.383. The number of hydrogen-bond donors (Lipinski definition) is 1. The number of fused-ring (bicyclic) bond motifs is 2. The molecule has 0 radical (unpaired) electrons. The van der Waals surface area contributed by atoms with Crippen LogP contribution in [0.4, 0.5) is 0 Å². The quantitative estimate of drug-likeness (QED) is 0.308. The van der Waals surface area contributed by atoms with Crippen molar-refractivity contribution in [3.8, 4) is 0 Å². The minimum absolute atomic E-state index is 0.0449. The molecule has 4 heteroatoms. The summed E-state index contributed by atoms with van der Waals surface area (Å²) in [5.74, 6) is 0.229. The average molecular weight is 437 g/mol. The van der Waals surface area contributed by atoms with Gasteiger partial charge in [0, 0.05) is 29.7 Å². The van der Waals surface area contributed by atoms with Crippen molar-refractivity contribution < 1.29 is 9.53 Å². The van der Waals surface area contributed by atoms with Gasteiger partial charge in [-0.25, -0.2) is 0 Å². The lowest BCUT2D eigenvalue weighted by Crippen LogP contribution is -2.43. The largest absolute Gasteiger partial charge is 0.456 e. The summed E-state index contributed by atoms with van der Waals surface area (Å²) < 4.78 is 6.25. The van der Waals surface area contributed by atoms with E-state index >= 15 is 0 Å². The van der Waals surface area contributed by atoms with E-state index in [1.807, 2.05) is 54.6 Å². The van der Waals surface area contributed by atoms with Gasteiger partial charge in [-0.15, -0.1) is 6.58 Å². The number of nitrogens with one attached hydrogen (secondary N) is 1. The number of ether oxygens (including phenoxy) is 1. The Morgan fingerprint density at radius 2 is 1.82 bits per heavy atom. The van der Waals surface area contributed by atoms with Crippen LogP contribution >= 0.6 is 0 Å². The van der Waals surface area contributed by atoms with E-state index in [9.17, 15) is 4.79 Å². The minimum Gasteiger partial charge on any atom is -0.456 e. The SMILES string of the molecule is C=C[C@@H]1CC[C@H]([C@@H](OC(=O)Cc2cccc3ccccc23)c2ccnc3ccccc23)NC1. The number of hydrogen-bond acceptors (Lipinski definition) is 4. The summed E-state index contributed by atoms with van der Waals surface area (Å²) in [5, 5.41) is 6.86. The number of aromatic nitrogens is 1. The fourth-order valence-electron chi connectivity index (χ4n) is 4.87. The fourth-order valence-corrected chi connectivity index (χ4v) is 4.87. The monoisotopic (exact) mass is 436 g/mol. The highest BCUT2D eigenvalue weighted by atomic mass is 16.5. The molecule has 1 saturated heterocycles. The highest BCUT2D eigenvalue weighted by Crippen LogP contribution is 2.33. The second-order valence-electron chi connectivity index (χ2n) is 8.73. The van der Waals surface area contributed by atoms with Crippen LogP contribution in [0.15, 0.2) is 91.6 Å². The Labute approximate surface area is 194 Å². The first kappa shape index (κ1) is 21.4. The second-order valence-corrected chi connectivity index (χ2v) is 8.73. The van der Waals surface area contributed by atoms with Crippen LogP contribution < -0.4 is 5.32 Å². The molecule has 2 heterocycles. The first-order valence-electron chi connectivity index (χ1n) is 11.6. The molecule has 1 aromatic heterocycles. The van der Waals surface area contributed by atoms with E-state index in [0.29, 0.717) is 5.92 Å². The normalized spacial score (nSPS) is 19.3. The molecule has 0 saturated carbocycles. The molecule has 4 nitrogen and oxygen atoms in total. The zero-order valence-electron chi connectivity index (χ0n) is 18.6. The number of para-hydroxylation sites is 1. The van der Waals surface area contributed by atoms with Gasteiger partial charge in [-0.05, 0) is 47.2 Å². The number of piperidine rings is 1. The standard InChI is InChI=1S/C29H28N2O2/c1-2-20-14-15-27(31-19-20)29(25-16-17-30-26-13-6-5-12-24(25)26)33-28(32)18-22-10-7-9-21-8-3-4-11-23(21)22/h2-13,16-17,20,27,29,31H,1,14-15,18-19H2/t20-,27-,29+/m1/s1. The number of benzene rings is 3. The van der Waals surface area contributed by atoms with Crippen molar-refractivity contribution >= 4 is 27.6 Å². The summed E-state index contributed by atoms with van der Waals surface area (Å²) >= 11 is 0. The topological polar surface area (TPSA) is 51.2 Å². The second kappa shape index (κ2) is 9.55. The van der Waals surface area contributed by atoms with Gasteiger partial charge in [-0.3, -0.25) is 9.78 Å². The molecule has 1 N–H and O–H groups in total. The summed E-state index contributed by atoms with van der Waals surface area (Å²) in [4.78, 5) is 17.8. The van der Waals surface area contributed by atoms with Gasteiger partial charge >= 0.3 is 5.97 Å². The predicted molar refractivity (Wildman–Crippen MR) is 133 cm³/mol. The molecule has 0 bridgehead atoms. The zero-order chi connectivity index (χ0) is 22.6. The van der Waals surface area contributed by atoms with E-state index in [0.717, 1.165) is 52.2 Å². The maximum Gasteiger partial charge on any atom is 0.310 e. The van der Waals surface area contributed by atoms with Gasteiger partial charge in [0.25, 0.3) is 0 Å². The fraction of sp³-hybridized carbons (Fsp3) is 0.241.